The lowest BCUT2D eigenvalue weighted by Gasteiger charge is -2.11. The predicted molar refractivity (Wildman–Crippen MR) is 138 cm³/mol. The highest BCUT2D eigenvalue weighted by Crippen LogP contribution is 2.34. The molecule has 0 heteroatoms. The Morgan fingerprint density at radius 3 is 1.16 bits per heavy atom. The molecule has 0 aliphatic heterocycles. The largest absolute Gasteiger partial charge is 0.0616 e. The summed E-state index contributed by atoms with van der Waals surface area (Å²) in [5.41, 5.74) is 7.50. The molecule has 0 fully saturated rings. The van der Waals surface area contributed by atoms with Crippen molar-refractivity contribution in [3.8, 4) is 33.4 Å². The molecule has 0 aliphatic rings. The van der Waals surface area contributed by atoms with Crippen molar-refractivity contribution in [1.29, 1.82) is 0 Å². The van der Waals surface area contributed by atoms with Crippen molar-refractivity contribution >= 4 is 21.5 Å². The lowest BCUT2D eigenvalue weighted by Crippen LogP contribution is -1.85. The zero-order chi connectivity index (χ0) is 21.3. The maximum Gasteiger partial charge on any atom is -0.0105 e. The van der Waals surface area contributed by atoms with Crippen LogP contribution in [0.1, 0.15) is 0 Å². The Morgan fingerprint density at radius 2 is 0.656 bits per heavy atom. The van der Waals surface area contributed by atoms with Crippen LogP contribution in [0.2, 0.25) is 0 Å². The van der Waals surface area contributed by atoms with Gasteiger partial charge in [-0.15, -0.1) is 0 Å². The molecule has 0 atom stereocenters. The molecule has 0 nitrogen and oxygen atoms in total. The molecule has 0 radical (unpaired) electrons. The first-order valence-corrected chi connectivity index (χ1v) is 11.0. The van der Waals surface area contributed by atoms with Crippen LogP contribution in [-0.4, -0.2) is 0 Å². The van der Waals surface area contributed by atoms with Gasteiger partial charge in [0.1, 0.15) is 0 Å². The minimum atomic E-state index is 1.23. The molecule has 6 aromatic carbocycles. The van der Waals surface area contributed by atoms with E-state index in [2.05, 4.69) is 133 Å². The van der Waals surface area contributed by atoms with Crippen molar-refractivity contribution in [2.75, 3.05) is 0 Å². The fraction of sp³-hybridized carbons (Fsp3) is 0. The van der Waals surface area contributed by atoms with Gasteiger partial charge in [0.2, 0.25) is 0 Å². The highest BCUT2D eigenvalue weighted by Gasteiger charge is 2.08. The summed E-state index contributed by atoms with van der Waals surface area (Å²) in [4.78, 5) is 0. The van der Waals surface area contributed by atoms with Crippen LogP contribution in [0.3, 0.4) is 0 Å². The number of hydrogen-bond acceptors (Lipinski definition) is 0. The van der Waals surface area contributed by atoms with Crippen molar-refractivity contribution in [3.63, 3.8) is 0 Å². The predicted octanol–water partition coefficient (Wildman–Crippen LogP) is 8.99. The fourth-order valence-corrected chi connectivity index (χ4v) is 4.69. The summed E-state index contributed by atoms with van der Waals surface area (Å²) in [6.07, 6.45) is 0. The number of rotatable bonds is 3. The van der Waals surface area contributed by atoms with Gasteiger partial charge < -0.3 is 0 Å². The van der Waals surface area contributed by atoms with E-state index < -0.39 is 0 Å². The van der Waals surface area contributed by atoms with E-state index in [1.54, 1.807) is 0 Å². The van der Waals surface area contributed by atoms with Crippen LogP contribution in [0, 0.1) is 0 Å². The summed E-state index contributed by atoms with van der Waals surface area (Å²) < 4.78 is 0. The van der Waals surface area contributed by atoms with Crippen molar-refractivity contribution in [3.05, 3.63) is 133 Å². The summed E-state index contributed by atoms with van der Waals surface area (Å²) in [5.74, 6) is 0. The van der Waals surface area contributed by atoms with E-state index in [9.17, 15) is 0 Å². The van der Waals surface area contributed by atoms with E-state index in [1.807, 2.05) is 0 Å². The van der Waals surface area contributed by atoms with Crippen LogP contribution in [0.15, 0.2) is 133 Å². The average molecular weight is 407 g/mol. The molecule has 0 unspecified atom stereocenters. The highest BCUT2D eigenvalue weighted by atomic mass is 14.1. The van der Waals surface area contributed by atoms with Gasteiger partial charge >= 0.3 is 0 Å². The van der Waals surface area contributed by atoms with Crippen LogP contribution in [-0.2, 0) is 0 Å². The Labute approximate surface area is 188 Å². The van der Waals surface area contributed by atoms with Gasteiger partial charge in [-0.2, -0.15) is 0 Å². The molecule has 32 heavy (non-hydrogen) atoms. The molecular weight excluding hydrogens is 384 g/mol. The molecule has 0 bridgehead atoms. The van der Waals surface area contributed by atoms with E-state index in [1.165, 1.54) is 54.9 Å². The number of hydrogen-bond donors (Lipinski definition) is 0. The van der Waals surface area contributed by atoms with Crippen molar-refractivity contribution in [1.82, 2.24) is 0 Å². The van der Waals surface area contributed by atoms with Crippen molar-refractivity contribution in [2.45, 2.75) is 0 Å². The SMILES string of the molecule is c1cc(-c2cccc(-c3cccc4ccccc34)c2)cc(-c2cccc3ccccc23)c1. The third-order valence-corrected chi connectivity index (χ3v) is 6.26. The maximum absolute atomic E-state index is 2.31. The third-order valence-electron chi connectivity index (χ3n) is 6.26. The lowest BCUT2D eigenvalue weighted by molar-refractivity contribution is 1.59. The number of benzene rings is 6. The lowest BCUT2D eigenvalue weighted by atomic mass is 9.93. The van der Waals surface area contributed by atoms with Crippen LogP contribution in [0.4, 0.5) is 0 Å². The van der Waals surface area contributed by atoms with Gasteiger partial charge in [0.25, 0.3) is 0 Å². The van der Waals surface area contributed by atoms with E-state index >= 15 is 0 Å². The van der Waals surface area contributed by atoms with Crippen LogP contribution in [0.5, 0.6) is 0 Å². The minimum absolute atomic E-state index is 1.23. The fourth-order valence-electron chi connectivity index (χ4n) is 4.69. The third kappa shape index (κ3) is 3.27. The van der Waals surface area contributed by atoms with Gasteiger partial charge in [-0.25, -0.2) is 0 Å². The Hall–Kier alpha value is -4.16. The van der Waals surface area contributed by atoms with Gasteiger partial charge in [0.15, 0.2) is 0 Å². The Morgan fingerprint density at radius 1 is 0.281 bits per heavy atom. The first-order valence-electron chi connectivity index (χ1n) is 11.0. The summed E-state index contributed by atoms with van der Waals surface area (Å²) in [7, 11) is 0. The standard InChI is InChI=1S/C32H22/c1-3-17-29-23(9-1)11-7-19-31(29)27-15-5-13-25(21-27)26-14-6-16-28(22-26)32-20-8-12-24-10-2-4-18-30(24)32/h1-22H. The first-order chi connectivity index (χ1) is 15.9. The smallest absolute Gasteiger partial charge is 0.0105 e. The van der Waals surface area contributed by atoms with Crippen molar-refractivity contribution in [2.24, 2.45) is 0 Å². The molecule has 0 N–H and O–H groups in total. The quantitative estimate of drug-likeness (QED) is 0.275. The summed E-state index contributed by atoms with van der Waals surface area (Å²) in [6, 6.07) is 48.0. The van der Waals surface area contributed by atoms with Gasteiger partial charge in [-0.3, -0.25) is 0 Å². The second kappa shape index (κ2) is 7.83. The molecule has 0 aromatic heterocycles. The highest BCUT2D eigenvalue weighted by molar-refractivity contribution is 5.98. The summed E-state index contributed by atoms with van der Waals surface area (Å²) in [5, 5.41) is 5.12. The molecule has 6 aromatic rings. The molecule has 0 spiro atoms. The molecule has 0 heterocycles. The molecule has 6 rings (SSSR count). The van der Waals surface area contributed by atoms with Crippen LogP contribution >= 0.6 is 0 Å². The van der Waals surface area contributed by atoms with E-state index in [0.717, 1.165) is 0 Å². The van der Waals surface area contributed by atoms with Gasteiger partial charge in [0.05, 0.1) is 0 Å². The first kappa shape index (κ1) is 18.6. The zero-order valence-electron chi connectivity index (χ0n) is 17.7. The molecule has 0 saturated carbocycles. The second-order valence-corrected chi connectivity index (χ2v) is 8.22. The Bertz CT molecular complexity index is 1440. The van der Waals surface area contributed by atoms with Crippen LogP contribution < -0.4 is 0 Å². The Balaban J connectivity index is 1.46. The normalized spacial score (nSPS) is 11.1. The average Bonchev–Trinajstić information content (AvgIpc) is 2.88. The zero-order valence-corrected chi connectivity index (χ0v) is 17.7. The topological polar surface area (TPSA) is 0 Å². The second-order valence-electron chi connectivity index (χ2n) is 8.22. The molecule has 0 saturated heterocycles. The van der Waals surface area contributed by atoms with Gasteiger partial charge in [-0.1, -0.05) is 121 Å². The van der Waals surface area contributed by atoms with Crippen molar-refractivity contribution < 1.29 is 0 Å². The molecule has 0 aliphatic carbocycles. The van der Waals surface area contributed by atoms with E-state index in [0.29, 0.717) is 0 Å². The molecule has 150 valence electrons. The maximum atomic E-state index is 2.31. The number of fused-ring (bicyclic) bond motifs is 2. The summed E-state index contributed by atoms with van der Waals surface area (Å²) >= 11 is 0. The van der Waals surface area contributed by atoms with Crippen LogP contribution in [0.25, 0.3) is 54.9 Å². The van der Waals surface area contributed by atoms with Gasteiger partial charge in [-0.05, 0) is 67.1 Å². The summed E-state index contributed by atoms with van der Waals surface area (Å²) in [6.45, 7) is 0. The van der Waals surface area contributed by atoms with E-state index in [4.69, 9.17) is 0 Å². The van der Waals surface area contributed by atoms with Gasteiger partial charge in [0, 0.05) is 0 Å². The molecular formula is C32H22. The monoisotopic (exact) mass is 406 g/mol. The Kier molecular flexibility index (Phi) is 4.55. The molecule has 0 amide bonds. The van der Waals surface area contributed by atoms with E-state index in [-0.39, 0.29) is 0 Å². The minimum Gasteiger partial charge on any atom is -0.0616 e.